The van der Waals surface area contributed by atoms with Crippen LogP contribution < -0.4 is 9.47 Å². The van der Waals surface area contributed by atoms with Crippen molar-refractivity contribution in [1.82, 2.24) is 9.97 Å². The van der Waals surface area contributed by atoms with Gasteiger partial charge >= 0.3 is 18.4 Å². The van der Waals surface area contributed by atoms with Crippen molar-refractivity contribution in [3.05, 3.63) is 10.7 Å². The maximum absolute atomic E-state index is 12.5. The Balaban J connectivity index is 2.70. The highest BCUT2D eigenvalue weighted by molar-refractivity contribution is 9.10. The molecule has 0 bridgehead atoms. The smallest absolute Gasteiger partial charge is 0.340 e. The largest absolute Gasteiger partial charge is 0.480 e. The van der Waals surface area contributed by atoms with E-state index in [9.17, 15) is 17.6 Å². The van der Waals surface area contributed by atoms with Crippen LogP contribution in [0.5, 0.6) is 11.9 Å². The third kappa shape index (κ3) is 3.69. The number of nitrogens with zero attached hydrogens (tertiary/aromatic N) is 2. The van der Waals surface area contributed by atoms with E-state index in [1.54, 1.807) is 0 Å². The first-order valence-electron chi connectivity index (χ1n) is 4.22. The third-order valence-electron chi connectivity index (χ3n) is 1.60. The van der Waals surface area contributed by atoms with Gasteiger partial charge in [0.15, 0.2) is 6.61 Å². The Morgan fingerprint density at radius 2 is 2.12 bits per heavy atom. The summed E-state index contributed by atoms with van der Waals surface area (Å²) in [7, 11) is 1.30. The van der Waals surface area contributed by atoms with Crippen molar-refractivity contribution in [2.75, 3.05) is 13.7 Å². The van der Waals surface area contributed by atoms with Crippen molar-refractivity contribution in [3.8, 4) is 11.9 Å². The fraction of sp³-hybridized carbons (Fsp3) is 0.500. The summed E-state index contributed by atoms with van der Waals surface area (Å²) in [5.41, 5.74) is 0. The molecule has 1 rings (SSSR count). The van der Waals surface area contributed by atoms with Crippen LogP contribution in [0, 0.1) is 0 Å². The molecule has 9 heteroatoms. The molecular weight excluding hydrogens is 312 g/mol. The van der Waals surface area contributed by atoms with Crippen LogP contribution >= 0.6 is 15.9 Å². The van der Waals surface area contributed by atoms with Gasteiger partial charge in [0.1, 0.15) is 0 Å². The van der Waals surface area contributed by atoms with Gasteiger partial charge in [0.25, 0.3) is 0 Å². The highest BCUT2D eigenvalue weighted by Gasteiger charge is 2.42. The third-order valence-corrected chi connectivity index (χ3v) is 2.14. The van der Waals surface area contributed by atoms with Gasteiger partial charge in [-0.2, -0.15) is 13.8 Å². The average molecular weight is 319 g/mol. The highest BCUT2D eigenvalue weighted by atomic mass is 79.9. The minimum atomic E-state index is -4.25. The van der Waals surface area contributed by atoms with E-state index < -0.39 is 25.0 Å². The molecular formula is C8H7BrF4N2O2. The van der Waals surface area contributed by atoms with E-state index in [4.69, 9.17) is 4.74 Å². The van der Waals surface area contributed by atoms with Crippen molar-refractivity contribution in [1.29, 1.82) is 0 Å². The molecule has 0 amide bonds. The van der Waals surface area contributed by atoms with Gasteiger partial charge in [0.05, 0.1) is 17.8 Å². The molecule has 0 aliphatic rings. The first-order valence-corrected chi connectivity index (χ1v) is 5.01. The van der Waals surface area contributed by atoms with Crippen LogP contribution in [0.2, 0.25) is 0 Å². The molecule has 17 heavy (non-hydrogen) atoms. The number of rotatable bonds is 5. The Labute approximate surface area is 102 Å². The van der Waals surface area contributed by atoms with Crippen molar-refractivity contribution in [2.24, 2.45) is 0 Å². The van der Waals surface area contributed by atoms with E-state index in [1.807, 2.05) is 0 Å². The molecule has 4 nitrogen and oxygen atoms in total. The Kier molecular flexibility index (Phi) is 4.49. The zero-order chi connectivity index (χ0) is 13.1. The summed E-state index contributed by atoms with van der Waals surface area (Å²) in [5, 5.41) is 0. The first kappa shape index (κ1) is 13.9. The second kappa shape index (κ2) is 5.48. The molecule has 1 heterocycles. The number of aromatic nitrogens is 2. The van der Waals surface area contributed by atoms with Gasteiger partial charge in [-0.05, 0) is 15.9 Å². The van der Waals surface area contributed by atoms with E-state index >= 15 is 0 Å². The monoisotopic (exact) mass is 318 g/mol. The molecule has 0 saturated carbocycles. The summed E-state index contributed by atoms with van der Waals surface area (Å²) < 4.78 is 58.2. The van der Waals surface area contributed by atoms with Crippen LogP contribution in [-0.4, -0.2) is 36.0 Å². The van der Waals surface area contributed by atoms with E-state index in [1.165, 1.54) is 13.3 Å². The van der Waals surface area contributed by atoms with Crippen molar-refractivity contribution in [2.45, 2.75) is 12.3 Å². The number of methoxy groups -OCH3 is 1. The molecule has 1 aromatic rings. The Morgan fingerprint density at radius 3 is 2.65 bits per heavy atom. The molecule has 0 saturated heterocycles. The lowest BCUT2D eigenvalue weighted by atomic mass is 10.4. The normalized spacial score (nSPS) is 11.7. The van der Waals surface area contributed by atoms with E-state index in [0.29, 0.717) is 4.47 Å². The van der Waals surface area contributed by atoms with Crippen LogP contribution in [0.3, 0.4) is 0 Å². The van der Waals surface area contributed by atoms with Crippen LogP contribution in [0.25, 0.3) is 0 Å². The molecule has 0 N–H and O–H groups in total. The van der Waals surface area contributed by atoms with E-state index in [-0.39, 0.29) is 5.88 Å². The molecule has 0 fully saturated rings. The van der Waals surface area contributed by atoms with E-state index in [2.05, 4.69) is 30.6 Å². The first-order chi connectivity index (χ1) is 7.86. The minimum Gasteiger partial charge on any atom is -0.480 e. The van der Waals surface area contributed by atoms with Gasteiger partial charge in [0.2, 0.25) is 5.88 Å². The molecule has 0 spiro atoms. The fourth-order valence-corrected chi connectivity index (χ4v) is 1.13. The molecule has 1 aromatic heterocycles. The molecule has 96 valence electrons. The molecule has 0 atom stereocenters. The van der Waals surface area contributed by atoms with Crippen LogP contribution in [0.4, 0.5) is 17.6 Å². The Morgan fingerprint density at radius 1 is 1.47 bits per heavy atom. The number of alkyl halides is 4. The van der Waals surface area contributed by atoms with Gasteiger partial charge in [0, 0.05) is 0 Å². The topological polar surface area (TPSA) is 44.2 Å². The molecule has 0 aromatic carbocycles. The van der Waals surface area contributed by atoms with Crippen molar-refractivity contribution in [3.63, 3.8) is 0 Å². The number of ether oxygens (including phenoxy) is 2. The second-order valence-corrected chi connectivity index (χ2v) is 3.71. The lowest BCUT2D eigenvalue weighted by Gasteiger charge is -2.15. The summed E-state index contributed by atoms with van der Waals surface area (Å²) in [6.07, 6.45) is -2.61. The molecule has 0 aliphatic carbocycles. The second-order valence-electron chi connectivity index (χ2n) is 2.86. The highest BCUT2D eigenvalue weighted by Crippen LogP contribution is 2.25. The fourth-order valence-electron chi connectivity index (χ4n) is 0.773. The Bertz CT molecular complexity index is 392. The summed E-state index contributed by atoms with van der Waals surface area (Å²) in [5.74, 6) is -4.20. The van der Waals surface area contributed by atoms with Crippen LogP contribution in [-0.2, 0) is 0 Å². The van der Waals surface area contributed by atoms with Gasteiger partial charge in [-0.1, -0.05) is 0 Å². The Hall–Kier alpha value is -1.12. The summed E-state index contributed by atoms with van der Waals surface area (Å²) >= 11 is 3.03. The van der Waals surface area contributed by atoms with Gasteiger partial charge < -0.3 is 9.47 Å². The molecule has 0 radical (unpaired) electrons. The van der Waals surface area contributed by atoms with Crippen LogP contribution in [0.15, 0.2) is 10.7 Å². The zero-order valence-corrected chi connectivity index (χ0v) is 10.0. The quantitative estimate of drug-likeness (QED) is 0.783. The molecule has 0 aliphatic heterocycles. The van der Waals surface area contributed by atoms with Crippen LogP contribution in [0.1, 0.15) is 0 Å². The van der Waals surface area contributed by atoms with E-state index in [0.717, 1.165) is 0 Å². The average Bonchev–Trinajstić information content (AvgIpc) is 2.28. The molecule has 0 unspecified atom stereocenters. The maximum atomic E-state index is 12.5. The number of hydrogen-bond donors (Lipinski definition) is 0. The minimum absolute atomic E-state index is 0.0513. The predicted molar refractivity (Wildman–Crippen MR) is 52.7 cm³/mol. The summed E-state index contributed by atoms with van der Waals surface area (Å²) in [6, 6.07) is -0.467. The van der Waals surface area contributed by atoms with Gasteiger partial charge in [-0.25, -0.2) is 13.8 Å². The lowest BCUT2D eigenvalue weighted by molar-refractivity contribution is -0.149. The van der Waals surface area contributed by atoms with Gasteiger partial charge in [-0.3, -0.25) is 0 Å². The zero-order valence-electron chi connectivity index (χ0n) is 8.46. The van der Waals surface area contributed by atoms with Crippen molar-refractivity contribution >= 4 is 15.9 Å². The van der Waals surface area contributed by atoms with Crippen molar-refractivity contribution < 1.29 is 27.0 Å². The van der Waals surface area contributed by atoms with Gasteiger partial charge in [-0.15, -0.1) is 0 Å². The predicted octanol–water partition coefficient (Wildman–Crippen LogP) is 2.53. The number of hydrogen-bond acceptors (Lipinski definition) is 4. The summed E-state index contributed by atoms with van der Waals surface area (Å²) in [4.78, 5) is 7.08. The number of halogens is 5. The SMILES string of the molecule is COc1nc(OCC(F)(F)C(F)F)ncc1Br. The standard InChI is InChI=1S/C8H7BrF4N2O2/c1-16-5-4(9)2-14-7(15-5)17-3-8(12,13)6(10)11/h2,6H,3H2,1H3. The maximum Gasteiger partial charge on any atom is 0.340 e. The lowest BCUT2D eigenvalue weighted by Crippen LogP contribution is -2.34. The summed E-state index contributed by atoms with van der Waals surface area (Å²) in [6.45, 7) is -1.50.